The van der Waals surface area contributed by atoms with Crippen LogP contribution in [0.25, 0.3) is 0 Å². The second-order valence-electron chi connectivity index (χ2n) is 5.34. The van der Waals surface area contributed by atoms with Crippen LogP contribution in [0, 0.1) is 5.92 Å². The van der Waals surface area contributed by atoms with Crippen molar-refractivity contribution in [1.29, 1.82) is 0 Å². The topological polar surface area (TPSA) is 37.8 Å². The number of thioether (sulfide) groups is 2. The number of hydrogen-bond acceptors (Lipinski definition) is 6. The van der Waals surface area contributed by atoms with E-state index in [0.29, 0.717) is 11.3 Å². The summed E-state index contributed by atoms with van der Waals surface area (Å²) in [6, 6.07) is 0.643. The largest absolute Gasteiger partial charge is 0.313 e. The first-order valence-corrected chi connectivity index (χ1v) is 10.5. The van der Waals surface area contributed by atoms with Crippen molar-refractivity contribution in [3.05, 3.63) is 0 Å². The molecule has 0 bridgehead atoms. The van der Waals surface area contributed by atoms with Crippen molar-refractivity contribution in [3.8, 4) is 0 Å². The molecule has 3 nitrogen and oxygen atoms in total. The van der Waals surface area contributed by atoms with Gasteiger partial charge in [-0.25, -0.2) is 0 Å². The van der Waals surface area contributed by atoms with Gasteiger partial charge in [-0.1, -0.05) is 55.1 Å². The maximum absolute atomic E-state index is 4.33. The lowest BCUT2D eigenvalue weighted by Crippen LogP contribution is -2.42. The molecule has 0 radical (unpaired) electrons. The van der Waals surface area contributed by atoms with Crippen LogP contribution in [0.15, 0.2) is 8.68 Å². The second-order valence-corrected chi connectivity index (χ2v) is 8.86. The lowest BCUT2D eigenvalue weighted by molar-refractivity contribution is 0.295. The van der Waals surface area contributed by atoms with E-state index in [0.717, 1.165) is 21.1 Å². The first kappa shape index (κ1) is 16.6. The fourth-order valence-electron chi connectivity index (χ4n) is 2.73. The fraction of sp³-hybridized carbons (Fsp3) is 0.857. The molecule has 2 rings (SSSR count). The fourth-order valence-corrected chi connectivity index (χ4v) is 5.81. The third-order valence-electron chi connectivity index (χ3n) is 3.95. The Kier molecular flexibility index (Phi) is 7.14. The van der Waals surface area contributed by atoms with Crippen molar-refractivity contribution in [3.63, 3.8) is 0 Å². The van der Waals surface area contributed by atoms with Gasteiger partial charge in [0.05, 0.1) is 0 Å². The zero-order valence-electron chi connectivity index (χ0n) is 12.6. The van der Waals surface area contributed by atoms with Crippen LogP contribution in [0.4, 0.5) is 0 Å². The molecule has 1 heterocycles. The molecule has 1 aliphatic rings. The first-order chi connectivity index (χ1) is 9.76. The SMILES string of the molecule is CCCNC1CCC(CC)CC1Sc1nnc(SC)s1. The highest BCUT2D eigenvalue weighted by Crippen LogP contribution is 2.39. The Morgan fingerprint density at radius 1 is 1.25 bits per heavy atom. The summed E-state index contributed by atoms with van der Waals surface area (Å²) in [5.41, 5.74) is 0. The van der Waals surface area contributed by atoms with Crippen LogP contribution >= 0.6 is 34.9 Å². The highest BCUT2D eigenvalue weighted by molar-refractivity contribution is 8.03. The molecule has 3 unspecified atom stereocenters. The summed E-state index contributed by atoms with van der Waals surface area (Å²) in [5.74, 6) is 0.889. The van der Waals surface area contributed by atoms with Gasteiger partial charge < -0.3 is 5.32 Å². The molecule has 1 N–H and O–H groups in total. The van der Waals surface area contributed by atoms with E-state index < -0.39 is 0 Å². The third kappa shape index (κ3) is 4.61. The molecule has 114 valence electrons. The standard InChI is InChI=1S/C14H25N3S3/c1-4-8-15-11-7-6-10(5-2)9-12(11)19-14-17-16-13(18-3)20-14/h10-12,15H,4-9H2,1-3H3. The molecule has 0 amide bonds. The lowest BCUT2D eigenvalue weighted by Gasteiger charge is -2.35. The van der Waals surface area contributed by atoms with Crippen molar-refractivity contribution < 1.29 is 0 Å². The van der Waals surface area contributed by atoms with Crippen LogP contribution in [-0.4, -0.2) is 34.3 Å². The molecule has 0 aliphatic heterocycles. The van der Waals surface area contributed by atoms with Gasteiger partial charge in [-0.15, -0.1) is 10.2 Å². The van der Waals surface area contributed by atoms with Gasteiger partial charge in [0.1, 0.15) is 0 Å². The summed E-state index contributed by atoms with van der Waals surface area (Å²) in [6.45, 7) is 5.69. The van der Waals surface area contributed by atoms with Crippen molar-refractivity contribution in [2.45, 2.75) is 65.9 Å². The molecule has 20 heavy (non-hydrogen) atoms. The smallest absolute Gasteiger partial charge is 0.175 e. The minimum atomic E-state index is 0.643. The van der Waals surface area contributed by atoms with Gasteiger partial charge in [0, 0.05) is 11.3 Å². The van der Waals surface area contributed by atoms with E-state index in [1.807, 2.05) is 11.8 Å². The monoisotopic (exact) mass is 331 g/mol. The van der Waals surface area contributed by atoms with E-state index in [1.165, 1.54) is 32.1 Å². The Labute approximate surface area is 135 Å². The Balaban J connectivity index is 1.98. The molecule has 1 aliphatic carbocycles. The minimum Gasteiger partial charge on any atom is -0.313 e. The Bertz CT molecular complexity index is 397. The second kappa shape index (κ2) is 8.61. The summed E-state index contributed by atoms with van der Waals surface area (Å²) in [4.78, 5) is 0. The average molecular weight is 332 g/mol. The maximum Gasteiger partial charge on any atom is 0.175 e. The number of rotatable bonds is 7. The Hall–Kier alpha value is 0.220. The highest BCUT2D eigenvalue weighted by atomic mass is 32.2. The van der Waals surface area contributed by atoms with Gasteiger partial charge in [0.25, 0.3) is 0 Å². The maximum atomic E-state index is 4.33. The Morgan fingerprint density at radius 2 is 2.05 bits per heavy atom. The van der Waals surface area contributed by atoms with Crippen LogP contribution in [0.1, 0.15) is 46.0 Å². The van der Waals surface area contributed by atoms with Crippen LogP contribution in [0.3, 0.4) is 0 Å². The Morgan fingerprint density at radius 3 is 2.70 bits per heavy atom. The van der Waals surface area contributed by atoms with Crippen molar-refractivity contribution in [2.75, 3.05) is 12.8 Å². The normalized spacial score (nSPS) is 26.9. The summed E-state index contributed by atoms with van der Waals surface area (Å²) in [5, 5.41) is 12.9. The number of hydrogen-bond donors (Lipinski definition) is 1. The molecule has 0 aromatic carbocycles. The third-order valence-corrected chi connectivity index (χ3v) is 7.29. The minimum absolute atomic E-state index is 0.643. The van der Waals surface area contributed by atoms with E-state index in [4.69, 9.17) is 0 Å². The molecule has 1 aromatic heterocycles. The molecule has 6 heteroatoms. The summed E-state index contributed by atoms with van der Waals surface area (Å²) in [7, 11) is 0. The van der Waals surface area contributed by atoms with Gasteiger partial charge in [-0.2, -0.15) is 0 Å². The predicted octanol–water partition coefficient (Wildman–Crippen LogP) is 4.30. The highest BCUT2D eigenvalue weighted by Gasteiger charge is 2.31. The quantitative estimate of drug-likeness (QED) is 0.754. The zero-order chi connectivity index (χ0) is 14.4. The molecule has 0 spiro atoms. The summed E-state index contributed by atoms with van der Waals surface area (Å²) < 4.78 is 2.22. The molecule has 1 aromatic rings. The molecule has 3 atom stereocenters. The number of aromatic nitrogens is 2. The summed E-state index contributed by atoms with van der Waals surface area (Å²) in [6.07, 6.45) is 8.58. The number of nitrogens with zero attached hydrogens (tertiary/aromatic N) is 2. The van der Waals surface area contributed by atoms with E-state index in [-0.39, 0.29) is 0 Å². The number of nitrogens with one attached hydrogen (secondary N) is 1. The zero-order valence-corrected chi connectivity index (χ0v) is 15.0. The molecule has 0 saturated heterocycles. The lowest BCUT2D eigenvalue weighted by atomic mass is 9.84. The van der Waals surface area contributed by atoms with Gasteiger partial charge in [-0.3, -0.25) is 0 Å². The first-order valence-electron chi connectivity index (χ1n) is 7.54. The average Bonchev–Trinajstić information content (AvgIpc) is 2.93. The van der Waals surface area contributed by atoms with Crippen molar-refractivity contribution in [1.82, 2.24) is 15.5 Å². The van der Waals surface area contributed by atoms with Crippen LogP contribution in [0.2, 0.25) is 0 Å². The van der Waals surface area contributed by atoms with Gasteiger partial charge >= 0.3 is 0 Å². The van der Waals surface area contributed by atoms with Crippen LogP contribution in [0.5, 0.6) is 0 Å². The van der Waals surface area contributed by atoms with E-state index in [1.54, 1.807) is 23.1 Å². The van der Waals surface area contributed by atoms with Crippen LogP contribution < -0.4 is 5.32 Å². The van der Waals surface area contributed by atoms with E-state index in [2.05, 4.69) is 35.6 Å². The van der Waals surface area contributed by atoms with E-state index >= 15 is 0 Å². The summed E-state index contributed by atoms with van der Waals surface area (Å²) >= 11 is 5.37. The van der Waals surface area contributed by atoms with Crippen molar-refractivity contribution >= 4 is 34.9 Å². The van der Waals surface area contributed by atoms with Crippen LogP contribution in [-0.2, 0) is 0 Å². The molecular weight excluding hydrogens is 306 g/mol. The van der Waals surface area contributed by atoms with Gasteiger partial charge in [-0.05, 0) is 44.4 Å². The predicted molar refractivity (Wildman–Crippen MR) is 91.0 cm³/mol. The van der Waals surface area contributed by atoms with Crippen molar-refractivity contribution in [2.24, 2.45) is 5.92 Å². The van der Waals surface area contributed by atoms with Gasteiger partial charge in [0.15, 0.2) is 8.68 Å². The molecular formula is C14H25N3S3. The molecule has 1 saturated carbocycles. The molecule has 1 fully saturated rings. The van der Waals surface area contributed by atoms with Gasteiger partial charge in [0.2, 0.25) is 0 Å². The van der Waals surface area contributed by atoms with E-state index in [9.17, 15) is 0 Å².